The zero-order chi connectivity index (χ0) is 16.5. The van der Waals surface area contributed by atoms with Crippen molar-refractivity contribution in [3.63, 3.8) is 0 Å². The van der Waals surface area contributed by atoms with Crippen LogP contribution in [0.5, 0.6) is 5.75 Å². The van der Waals surface area contributed by atoms with Gasteiger partial charge in [0.1, 0.15) is 5.75 Å². The number of H-pyrrole nitrogens is 1. The Morgan fingerprint density at radius 2 is 2.29 bits per heavy atom. The summed E-state index contributed by atoms with van der Waals surface area (Å²) in [5.74, 6) is 0.883. The van der Waals surface area contributed by atoms with Crippen molar-refractivity contribution >= 4 is 38.9 Å². The van der Waals surface area contributed by atoms with Gasteiger partial charge in [0.15, 0.2) is 5.65 Å². The lowest BCUT2D eigenvalue weighted by molar-refractivity contribution is 0.404. The Balaban J connectivity index is 1.48. The van der Waals surface area contributed by atoms with Gasteiger partial charge in [-0.05, 0) is 60.5 Å². The standard InChI is InChI=1S/C17H17BrN4OS/c1-23-15-5-2-11(18)7-16(15)24-22-12-3-4-13-10(6-12)8-19-17-14(13)9-20-21-17/h2,5,7-9,12,22H,3-4,6H2,1H3,(H,19,20,21). The van der Waals surface area contributed by atoms with Gasteiger partial charge >= 0.3 is 0 Å². The van der Waals surface area contributed by atoms with Crippen LogP contribution in [-0.4, -0.2) is 28.3 Å². The minimum Gasteiger partial charge on any atom is -0.496 e. The van der Waals surface area contributed by atoms with Gasteiger partial charge in [-0.15, -0.1) is 0 Å². The van der Waals surface area contributed by atoms with Crippen LogP contribution in [0.1, 0.15) is 17.5 Å². The summed E-state index contributed by atoms with van der Waals surface area (Å²) in [6, 6.07) is 6.45. The average Bonchev–Trinajstić information content (AvgIpc) is 3.09. The molecule has 7 heteroatoms. The second-order valence-electron chi connectivity index (χ2n) is 5.85. The Morgan fingerprint density at radius 3 is 3.17 bits per heavy atom. The normalized spacial score (nSPS) is 17.0. The van der Waals surface area contributed by atoms with Gasteiger partial charge in [0, 0.05) is 22.1 Å². The van der Waals surface area contributed by atoms with Crippen molar-refractivity contribution in [1.29, 1.82) is 0 Å². The molecule has 1 aliphatic carbocycles. The molecule has 2 N–H and O–H groups in total. The number of pyridine rings is 1. The van der Waals surface area contributed by atoms with Crippen LogP contribution in [0, 0.1) is 0 Å². The van der Waals surface area contributed by atoms with Crippen molar-refractivity contribution in [2.24, 2.45) is 0 Å². The van der Waals surface area contributed by atoms with Crippen molar-refractivity contribution in [2.75, 3.05) is 7.11 Å². The fraction of sp³-hybridized carbons (Fsp3) is 0.294. The van der Waals surface area contributed by atoms with Gasteiger partial charge in [0.2, 0.25) is 0 Å². The summed E-state index contributed by atoms with van der Waals surface area (Å²) in [7, 11) is 1.70. The zero-order valence-electron chi connectivity index (χ0n) is 13.2. The van der Waals surface area contributed by atoms with E-state index in [1.54, 1.807) is 19.1 Å². The van der Waals surface area contributed by atoms with Gasteiger partial charge in [0.25, 0.3) is 0 Å². The molecule has 3 aromatic rings. The highest BCUT2D eigenvalue weighted by Crippen LogP contribution is 2.32. The lowest BCUT2D eigenvalue weighted by atomic mass is 9.88. The highest BCUT2D eigenvalue weighted by atomic mass is 79.9. The summed E-state index contributed by atoms with van der Waals surface area (Å²) >= 11 is 5.15. The van der Waals surface area contributed by atoms with E-state index in [-0.39, 0.29) is 0 Å². The van der Waals surface area contributed by atoms with E-state index in [0.29, 0.717) is 6.04 Å². The highest BCUT2D eigenvalue weighted by molar-refractivity contribution is 9.10. The van der Waals surface area contributed by atoms with Gasteiger partial charge in [-0.3, -0.25) is 9.82 Å². The number of aryl methyl sites for hydroxylation is 1. The van der Waals surface area contributed by atoms with E-state index in [9.17, 15) is 0 Å². The van der Waals surface area contributed by atoms with E-state index in [2.05, 4.69) is 41.9 Å². The van der Waals surface area contributed by atoms with E-state index in [1.807, 2.05) is 24.5 Å². The smallest absolute Gasteiger partial charge is 0.155 e. The Bertz CT molecular complexity index is 882. The number of benzene rings is 1. The number of hydrogen-bond acceptors (Lipinski definition) is 5. The summed E-state index contributed by atoms with van der Waals surface area (Å²) in [5.41, 5.74) is 3.58. The van der Waals surface area contributed by atoms with Crippen LogP contribution in [0.4, 0.5) is 0 Å². The van der Waals surface area contributed by atoms with Crippen molar-refractivity contribution in [3.8, 4) is 5.75 Å². The first-order valence-electron chi connectivity index (χ1n) is 7.80. The molecule has 2 heterocycles. The van der Waals surface area contributed by atoms with Crippen LogP contribution >= 0.6 is 27.9 Å². The number of rotatable bonds is 4. The molecule has 4 rings (SSSR count). The third-order valence-electron chi connectivity index (χ3n) is 4.35. The Labute approximate surface area is 152 Å². The summed E-state index contributed by atoms with van der Waals surface area (Å²) in [6.45, 7) is 0. The second-order valence-corrected chi connectivity index (χ2v) is 7.64. The van der Waals surface area contributed by atoms with Gasteiger partial charge in [-0.25, -0.2) is 4.98 Å². The first-order valence-corrected chi connectivity index (χ1v) is 9.41. The average molecular weight is 405 g/mol. The van der Waals surface area contributed by atoms with Crippen LogP contribution in [0.25, 0.3) is 11.0 Å². The fourth-order valence-corrected chi connectivity index (χ4v) is 4.57. The third-order valence-corrected chi connectivity index (χ3v) is 5.84. The quantitative estimate of drug-likeness (QED) is 0.645. The monoisotopic (exact) mass is 404 g/mol. The molecular weight excluding hydrogens is 388 g/mol. The van der Waals surface area contributed by atoms with E-state index in [1.165, 1.54) is 11.1 Å². The first-order chi connectivity index (χ1) is 11.7. The minimum atomic E-state index is 0.414. The number of nitrogens with one attached hydrogen (secondary N) is 2. The van der Waals surface area contributed by atoms with Gasteiger partial charge in [-0.2, -0.15) is 5.10 Å². The molecule has 24 heavy (non-hydrogen) atoms. The van der Waals surface area contributed by atoms with Crippen molar-refractivity contribution in [3.05, 3.63) is 46.2 Å². The molecule has 2 aromatic heterocycles. The molecular formula is C17H17BrN4OS. The van der Waals surface area contributed by atoms with Crippen LogP contribution in [0.15, 0.2) is 40.0 Å². The van der Waals surface area contributed by atoms with E-state index < -0.39 is 0 Å². The number of halogens is 1. The molecule has 0 radical (unpaired) electrons. The molecule has 1 atom stereocenters. The maximum Gasteiger partial charge on any atom is 0.155 e. The lowest BCUT2D eigenvalue weighted by Gasteiger charge is -2.25. The van der Waals surface area contributed by atoms with Gasteiger partial charge in [-0.1, -0.05) is 15.9 Å². The molecule has 1 aliphatic rings. The molecule has 0 saturated carbocycles. The SMILES string of the molecule is COc1ccc(Br)cc1SNC1CCc2c(cnc3[nH]ncc23)C1. The molecule has 1 aromatic carbocycles. The van der Waals surface area contributed by atoms with Crippen LogP contribution in [-0.2, 0) is 12.8 Å². The molecule has 0 amide bonds. The molecule has 0 bridgehead atoms. The molecule has 0 spiro atoms. The predicted octanol–water partition coefficient (Wildman–Crippen LogP) is 3.88. The van der Waals surface area contributed by atoms with E-state index >= 15 is 0 Å². The molecule has 5 nitrogen and oxygen atoms in total. The number of methoxy groups -OCH3 is 1. The largest absolute Gasteiger partial charge is 0.496 e. The summed E-state index contributed by atoms with van der Waals surface area (Å²) in [6.07, 6.45) is 6.99. The Hall–Kier alpha value is -1.57. The van der Waals surface area contributed by atoms with Crippen molar-refractivity contribution in [1.82, 2.24) is 19.9 Å². The summed E-state index contributed by atoms with van der Waals surface area (Å²) < 4.78 is 10.1. The highest BCUT2D eigenvalue weighted by Gasteiger charge is 2.22. The number of nitrogens with zero attached hydrogens (tertiary/aromatic N) is 2. The maximum absolute atomic E-state index is 5.43. The maximum atomic E-state index is 5.43. The molecule has 0 fully saturated rings. The molecule has 0 saturated heterocycles. The molecule has 1 unspecified atom stereocenters. The number of fused-ring (bicyclic) bond motifs is 3. The molecule has 0 aliphatic heterocycles. The van der Waals surface area contributed by atoms with Gasteiger partial charge < -0.3 is 4.74 Å². The Morgan fingerprint density at radius 1 is 1.38 bits per heavy atom. The molecule has 124 valence electrons. The van der Waals surface area contributed by atoms with Gasteiger partial charge in [0.05, 0.1) is 18.2 Å². The first kappa shape index (κ1) is 15.9. The third kappa shape index (κ3) is 3.03. The van der Waals surface area contributed by atoms with Crippen LogP contribution in [0.3, 0.4) is 0 Å². The minimum absolute atomic E-state index is 0.414. The Kier molecular flexibility index (Phi) is 4.47. The number of aromatic amines is 1. The second kappa shape index (κ2) is 6.74. The number of aromatic nitrogens is 3. The number of hydrogen-bond donors (Lipinski definition) is 2. The van der Waals surface area contributed by atoms with E-state index in [0.717, 1.165) is 45.4 Å². The zero-order valence-corrected chi connectivity index (χ0v) is 15.6. The van der Waals surface area contributed by atoms with Crippen LogP contribution < -0.4 is 9.46 Å². The fourth-order valence-electron chi connectivity index (χ4n) is 3.13. The van der Waals surface area contributed by atoms with E-state index in [4.69, 9.17) is 4.74 Å². The predicted molar refractivity (Wildman–Crippen MR) is 99.4 cm³/mol. The lowest BCUT2D eigenvalue weighted by Crippen LogP contribution is -2.30. The number of ether oxygens (including phenoxy) is 1. The topological polar surface area (TPSA) is 62.8 Å². The summed E-state index contributed by atoms with van der Waals surface area (Å²) in [4.78, 5) is 5.55. The van der Waals surface area contributed by atoms with Crippen molar-refractivity contribution < 1.29 is 4.74 Å². The van der Waals surface area contributed by atoms with Crippen LogP contribution in [0.2, 0.25) is 0 Å². The summed E-state index contributed by atoms with van der Waals surface area (Å²) in [5, 5.41) is 8.21. The van der Waals surface area contributed by atoms with Crippen molar-refractivity contribution in [2.45, 2.75) is 30.2 Å².